The first kappa shape index (κ1) is 21.2. The lowest BCUT2D eigenvalue weighted by Crippen LogP contribution is -2.47. The zero-order chi connectivity index (χ0) is 21.6. The van der Waals surface area contributed by atoms with E-state index in [1.807, 2.05) is 61.5 Å². The van der Waals surface area contributed by atoms with Crippen molar-refractivity contribution in [3.63, 3.8) is 0 Å². The second-order valence-corrected chi connectivity index (χ2v) is 8.57. The van der Waals surface area contributed by atoms with Gasteiger partial charge in [0.05, 0.1) is 0 Å². The third-order valence-corrected chi connectivity index (χ3v) is 6.16. The molecule has 4 rings (SSSR count). The number of hydrogen-bond donors (Lipinski definition) is 1. The average molecular weight is 435 g/mol. The predicted molar refractivity (Wildman–Crippen MR) is 122 cm³/mol. The molecule has 1 aromatic heterocycles. The lowest BCUT2D eigenvalue weighted by atomic mass is 9.94. The van der Waals surface area contributed by atoms with Crippen molar-refractivity contribution in [2.24, 2.45) is 0 Å². The molecular weight excluding hydrogens is 408 g/mol. The number of carbonyl (C=O) groups excluding carboxylic acids is 2. The molecule has 1 atom stereocenters. The normalized spacial score (nSPS) is 15.3. The minimum absolute atomic E-state index is 0.142. The molecule has 1 heterocycles. The quantitative estimate of drug-likeness (QED) is 0.611. The number of nitrogens with zero attached hydrogens (tertiary/aromatic N) is 3. The number of benzene rings is 2. The first-order chi connectivity index (χ1) is 15.1. The number of aromatic nitrogens is 2. The van der Waals surface area contributed by atoms with E-state index in [-0.39, 0.29) is 23.6 Å². The van der Waals surface area contributed by atoms with E-state index in [0.717, 1.165) is 48.3 Å². The van der Waals surface area contributed by atoms with Gasteiger partial charge in [0, 0.05) is 17.1 Å². The largest absolute Gasteiger partial charge is 0.351 e. The third-order valence-electron chi connectivity index (χ3n) is 5.65. The fourth-order valence-corrected chi connectivity index (χ4v) is 4.55. The number of nitrogens with one attached hydrogen (secondary N) is 1. The van der Waals surface area contributed by atoms with Gasteiger partial charge in [-0.15, -0.1) is 5.10 Å². The summed E-state index contributed by atoms with van der Waals surface area (Å²) in [5, 5.41) is 8.82. The van der Waals surface area contributed by atoms with E-state index in [0.29, 0.717) is 5.69 Å². The number of anilines is 1. The fourth-order valence-electron chi connectivity index (χ4n) is 4.12. The van der Waals surface area contributed by atoms with Crippen LogP contribution in [0.3, 0.4) is 0 Å². The maximum absolute atomic E-state index is 13.6. The lowest BCUT2D eigenvalue weighted by molar-refractivity contribution is -0.123. The summed E-state index contributed by atoms with van der Waals surface area (Å²) in [5.74, 6) is -0.511. The molecule has 0 aliphatic heterocycles. The van der Waals surface area contributed by atoms with Crippen LogP contribution in [-0.2, 0) is 4.79 Å². The highest BCUT2D eigenvalue weighted by molar-refractivity contribution is 7.03. The Morgan fingerprint density at radius 3 is 2.52 bits per heavy atom. The molecular formula is C24H26N4O2S. The predicted octanol–water partition coefficient (Wildman–Crippen LogP) is 4.68. The second-order valence-electron chi connectivity index (χ2n) is 7.96. The van der Waals surface area contributed by atoms with Crippen molar-refractivity contribution in [1.29, 1.82) is 0 Å². The Labute approximate surface area is 186 Å². The fraction of sp³-hybridized carbons (Fsp3) is 0.333. The zero-order valence-corrected chi connectivity index (χ0v) is 18.3. The summed E-state index contributed by atoms with van der Waals surface area (Å²) in [5.41, 5.74) is 2.66. The summed E-state index contributed by atoms with van der Waals surface area (Å²) < 4.78 is 3.85. The van der Waals surface area contributed by atoms with E-state index >= 15 is 0 Å². The van der Waals surface area contributed by atoms with Crippen LogP contribution in [0.25, 0.3) is 0 Å². The molecule has 7 heteroatoms. The van der Waals surface area contributed by atoms with E-state index in [1.165, 1.54) is 6.42 Å². The van der Waals surface area contributed by atoms with Gasteiger partial charge in [-0.2, -0.15) is 0 Å². The molecule has 31 heavy (non-hydrogen) atoms. The smallest absolute Gasteiger partial charge is 0.280 e. The lowest BCUT2D eigenvalue weighted by Gasteiger charge is -2.33. The SMILES string of the molecule is Cc1cccc(N(C(=O)c2csnn2)C(C(=O)NC2CCCCC2)c2ccccc2)c1. The van der Waals surface area contributed by atoms with Crippen LogP contribution in [0.4, 0.5) is 5.69 Å². The molecule has 1 saturated carbocycles. The molecule has 1 aliphatic rings. The van der Waals surface area contributed by atoms with Crippen LogP contribution in [0.2, 0.25) is 0 Å². The minimum atomic E-state index is -0.806. The highest BCUT2D eigenvalue weighted by atomic mass is 32.1. The van der Waals surface area contributed by atoms with Crippen molar-refractivity contribution in [2.45, 2.75) is 51.1 Å². The van der Waals surface area contributed by atoms with Gasteiger partial charge in [-0.25, -0.2) is 0 Å². The Kier molecular flexibility index (Phi) is 6.72. The Hall–Kier alpha value is -3.06. The summed E-state index contributed by atoms with van der Waals surface area (Å²) in [6, 6.07) is 16.4. The van der Waals surface area contributed by atoms with Crippen LogP contribution in [0.5, 0.6) is 0 Å². The summed E-state index contributed by atoms with van der Waals surface area (Å²) in [4.78, 5) is 28.8. The van der Waals surface area contributed by atoms with Gasteiger partial charge >= 0.3 is 0 Å². The number of carbonyl (C=O) groups is 2. The highest BCUT2D eigenvalue weighted by Gasteiger charge is 2.35. The molecule has 1 N–H and O–H groups in total. The molecule has 1 unspecified atom stereocenters. The third kappa shape index (κ3) is 4.99. The Balaban J connectivity index is 1.77. The van der Waals surface area contributed by atoms with E-state index in [1.54, 1.807) is 10.3 Å². The summed E-state index contributed by atoms with van der Waals surface area (Å²) in [6.07, 6.45) is 5.39. The first-order valence-electron chi connectivity index (χ1n) is 10.7. The van der Waals surface area contributed by atoms with Gasteiger partial charge in [0.25, 0.3) is 5.91 Å². The molecule has 1 fully saturated rings. The molecule has 0 bridgehead atoms. The Morgan fingerprint density at radius 2 is 1.84 bits per heavy atom. The van der Waals surface area contributed by atoms with E-state index < -0.39 is 6.04 Å². The summed E-state index contributed by atoms with van der Waals surface area (Å²) >= 11 is 1.12. The Bertz CT molecular complexity index is 1020. The maximum Gasteiger partial charge on any atom is 0.280 e. The average Bonchev–Trinajstić information content (AvgIpc) is 3.33. The molecule has 1 aliphatic carbocycles. The molecule has 2 amide bonds. The minimum Gasteiger partial charge on any atom is -0.351 e. The number of aryl methyl sites for hydroxylation is 1. The first-order valence-corrected chi connectivity index (χ1v) is 11.5. The highest BCUT2D eigenvalue weighted by Crippen LogP contribution is 2.31. The van der Waals surface area contributed by atoms with E-state index in [4.69, 9.17) is 0 Å². The zero-order valence-electron chi connectivity index (χ0n) is 17.5. The van der Waals surface area contributed by atoms with E-state index in [2.05, 4.69) is 14.9 Å². The van der Waals surface area contributed by atoms with Gasteiger partial charge in [0.1, 0.15) is 6.04 Å². The molecule has 0 saturated heterocycles. The summed E-state index contributed by atoms with van der Waals surface area (Å²) in [6.45, 7) is 1.97. The molecule has 0 spiro atoms. The molecule has 3 aromatic rings. The van der Waals surface area contributed by atoms with E-state index in [9.17, 15) is 9.59 Å². The maximum atomic E-state index is 13.6. The summed E-state index contributed by atoms with van der Waals surface area (Å²) in [7, 11) is 0. The van der Waals surface area contributed by atoms with Gasteiger partial charge in [-0.3, -0.25) is 14.5 Å². The molecule has 6 nitrogen and oxygen atoms in total. The van der Waals surface area contributed by atoms with Gasteiger partial charge in [-0.1, -0.05) is 66.2 Å². The van der Waals surface area contributed by atoms with Crippen LogP contribution >= 0.6 is 11.5 Å². The van der Waals surface area contributed by atoms with Crippen LogP contribution in [0.15, 0.2) is 60.0 Å². The van der Waals surface area contributed by atoms with Crippen molar-refractivity contribution >= 4 is 29.0 Å². The van der Waals surface area contributed by atoms with Crippen molar-refractivity contribution in [2.75, 3.05) is 4.90 Å². The van der Waals surface area contributed by atoms with Crippen molar-refractivity contribution in [3.8, 4) is 0 Å². The second kappa shape index (κ2) is 9.83. The van der Waals surface area contributed by atoms with Gasteiger partial charge < -0.3 is 5.32 Å². The van der Waals surface area contributed by atoms with Crippen LogP contribution in [0.1, 0.15) is 59.8 Å². The number of amides is 2. The Morgan fingerprint density at radius 1 is 1.06 bits per heavy atom. The molecule has 160 valence electrons. The monoisotopic (exact) mass is 434 g/mol. The molecule has 0 radical (unpaired) electrons. The standard InChI is InChI=1S/C24H26N4O2S/c1-17-9-8-14-20(15-17)28(24(30)21-16-31-27-26-21)22(18-10-4-2-5-11-18)23(29)25-19-12-6-3-7-13-19/h2,4-5,8-11,14-16,19,22H,3,6-7,12-13H2,1H3,(H,25,29). The van der Waals surface area contributed by atoms with Crippen LogP contribution in [-0.4, -0.2) is 27.4 Å². The van der Waals surface area contributed by atoms with Crippen LogP contribution in [0, 0.1) is 6.92 Å². The van der Waals surface area contributed by atoms with Gasteiger partial charge in [0.2, 0.25) is 5.91 Å². The van der Waals surface area contributed by atoms with Crippen molar-refractivity contribution in [3.05, 3.63) is 76.8 Å². The van der Waals surface area contributed by atoms with Crippen molar-refractivity contribution < 1.29 is 9.59 Å². The van der Waals surface area contributed by atoms with Crippen LogP contribution < -0.4 is 10.2 Å². The van der Waals surface area contributed by atoms with Gasteiger partial charge in [0.15, 0.2) is 5.69 Å². The van der Waals surface area contributed by atoms with Crippen molar-refractivity contribution in [1.82, 2.24) is 14.9 Å². The van der Waals surface area contributed by atoms with Gasteiger partial charge in [-0.05, 0) is 54.6 Å². The number of rotatable bonds is 6. The number of hydrogen-bond acceptors (Lipinski definition) is 5. The molecule has 2 aromatic carbocycles. The topological polar surface area (TPSA) is 75.2 Å².